The van der Waals surface area contributed by atoms with Gasteiger partial charge in [0.25, 0.3) is 11.6 Å². The van der Waals surface area contributed by atoms with E-state index in [1.165, 1.54) is 42.5 Å². The van der Waals surface area contributed by atoms with E-state index in [0.717, 1.165) is 0 Å². The van der Waals surface area contributed by atoms with Gasteiger partial charge in [-0.05, 0) is 18.2 Å². The Bertz CT molecular complexity index is 676. The van der Waals surface area contributed by atoms with Crippen LogP contribution >= 0.6 is 0 Å². The second kappa shape index (κ2) is 6.47. The summed E-state index contributed by atoms with van der Waals surface area (Å²) in [5.41, 5.74) is -0.0906. The quantitative estimate of drug-likeness (QED) is 0.678. The number of anilines is 1. The summed E-state index contributed by atoms with van der Waals surface area (Å²) in [5.74, 6) is -0.930. The number of rotatable bonds is 5. The number of nitrogens with one attached hydrogen (secondary N) is 1. The molecule has 1 N–H and O–H groups in total. The number of hydrogen-bond donors (Lipinski definition) is 1. The zero-order chi connectivity index (χ0) is 15.2. The van der Waals surface area contributed by atoms with E-state index in [1.807, 2.05) is 0 Å². The van der Waals surface area contributed by atoms with Gasteiger partial charge in [0.05, 0.1) is 16.7 Å². The fraction of sp³-hybridized carbons (Fsp3) is 0.0714. The maximum absolute atomic E-state index is 13.3. The van der Waals surface area contributed by atoms with Crippen LogP contribution in [0, 0.1) is 15.9 Å². The molecule has 108 valence electrons. The van der Waals surface area contributed by atoms with Crippen LogP contribution in [0.15, 0.2) is 48.5 Å². The molecule has 0 spiro atoms. The van der Waals surface area contributed by atoms with Crippen LogP contribution in [-0.4, -0.2) is 17.4 Å². The molecule has 21 heavy (non-hydrogen) atoms. The number of amides is 1. The molecule has 0 radical (unpaired) electrons. The zero-order valence-corrected chi connectivity index (χ0v) is 10.8. The number of hydrogen-bond acceptors (Lipinski definition) is 4. The van der Waals surface area contributed by atoms with Crippen molar-refractivity contribution in [1.82, 2.24) is 0 Å². The molecule has 0 atom stereocenters. The molecular formula is C14H11FN2O4. The number of nitro groups is 1. The lowest BCUT2D eigenvalue weighted by Gasteiger charge is -2.08. The highest BCUT2D eigenvalue weighted by atomic mass is 19.1. The van der Waals surface area contributed by atoms with Crippen molar-refractivity contribution in [2.75, 3.05) is 11.9 Å². The zero-order valence-electron chi connectivity index (χ0n) is 10.8. The largest absolute Gasteiger partial charge is 0.484 e. The van der Waals surface area contributed by atoms with E-state index in [4.69, 9.17) is 4.74 Å². The summed E-state index contributed by atoms with van der Waals surface area (Å²) in [7, 11) is 0. The predicted octanol–water partition coefficient (Wildman–Crippen LogP) is 2.75. The van der Waals surface area contributed by atoms with E-state index >= 15 is 0 Å². The van der Waals surface area contributed by atoms with Gasteiger partial charge >= 0.3 is 0 Å². The lowest BCUT2D eigenvalue weighted by molar-refractivity contribution is -0.384. The van der Waals surface area contributed by atoms with Crippen molar-refractivity contribution in [1.29, 1.82) is 0 Å². The van der Waals surface area contributed by atoms with Gasteiger partial charge in [-0.15, -0.1) is 0 Å². The Morgan fingerprint density at radius 2 is 2.00 bits per heavy atom. The third-order valence-electron chi connectivity index (χ3n) is 2.55. The summed E-state index contributed by atoms with van der Waals surface area (Å²) >= 11 is 0. The second-order valence-corrected chi connectivity index (χ2v) is 4.07. The minimum absolute atomic E-state index is 0.0464. The normalized spacial score (nSPS) is 9.95. The minimum atomic E-state index is -0.563. The first-order chi connectivity index (χ1) is 10.1. The summed E-state index contributed by atoms with van der Waals surface area (Å²) in [6, 6.07) is 11.2. The third kappa shape index (κ3) is 4.00. The van der Waals surface area contributed by atoms with Gasteiger partial charge in [-0.3, -0.25) is 14.9 Å². The molecule has 0 unspecified atom stereocenters. The maximum atomic E-state index is 13.3. The summed E-state index contributed by atoms with van der Waals surface area (Å²) in [4.78, 5) is 21.7. The molecule has 2 aromatic carbocycles. The van der Waals surface area contributed by atoms with E-state index in [1.54, 1.807) is 6.07 Å². The first kappa shape index (κ1) is 14.4. The van der Waals surface area contributed by atoms with Crippen LogP contribution < -0.4 is 10.1 Å². The van der Waals surface area contributed by atoms with Crippen molar-refractivity contribution < 1.29 is 18.8 Å². The highest BCUT2D eigenvalue weighted by Gasteiger charge is 2.09. The summed E-state index contributed by atoms with van der Waals surface area (Å²) in [6.07, 6.45) is 0. The molecule has 2 rings (SSSR count). The topological polar surface area (TPSA) is 81.5 Å². The van der Waals surface area contributed by atoms with E-state index in [2.05, 4.69) is 5.32 Å². The molecule has 1 amide bonds. The molecule has 0 fully saturated rings. The Morgan fingerprint density at radius 1 is 1.24 bits per heavy atom. The Balaban J connectivity index is 1.94. The standard InChI is InChI=1S/C14H11FN2O4/c15-12-6-1-2-7-13(12)16-14(18)9-21-11-5-3-4-10(8-11)17(19)20/h1-8H,9H2,(H,16,18). The molecule has 0 bridgehead atoms. The number of para-hydroxylation sites is 1. The fourth-order valence-electron chi connectivity index (χ4n) is 1.58. The lowest BCUT2D eigenvalue weighted by atomic mass is 10.3. The number of benzene rings is 2. The van der Waals surface area contributed by atoms with Crippen LogP contribution in [0.2, 0.25) is 0 Å². The van der Waals surface area contributed by atoms with Crippen molar-refractivity contribution in [2.45, 2.75) is 0 Å². The molecule has 0 saturated heterocycles. The van der Waals surface area contributed by atoms with E-state index < -0.39 is 16.6 Å². The number of non-ortho nitro benzene ring substituents is 1. The summed E-state index contributed by atoms with van der Waals surface area (Å²) in [6.45, 7) is -0.379. The van der Waals surface area contributed by atoms with Crippen molar-refractivity contribution in [3.05, 3.63) is 64.5 Å². The molecule has 0 aromatic heterocycles. The molecule has 0 aliphatic heterocycles. The first-order valence-corrected chi connectivity index (χ1v) is 5.98. The highest BCUT2D eigenvalue weighted by molar-refractivity contribution is 5.91. The average Bonchev–Trinajstić information content (AvgIpc) is 2.48. The van der Waals surface area contributed by atoms with Gasteiger partial charge < -0.3 is 10.1 Å². The van der Waals surface area contributed by atoms with Gasteiger partial charge in [-0.25, -0.2) is 4.39 Å². The number of nitro benzene ring substituents is 1. The number of carbonyl (C=O) groups is 1. The summed E-state index contributed by atoms with van der Waals surface area (Å²) in [5, 5.41) is 12.9. The number of carbonyl (C=O) groups excluding carboxylic acids is 1. The van der Waals surface area contributed by atoms with Crippen LogP contribution in [0.3, 0.4) is 0 Å². The molecule has 7 heteroatoms. The smallest absolute Gasteiger partial charge is 0.273 e. The predicted molar refractivity (Wildman–Crippen MR) is 73.6 cm³/mol. The molecule has 0 aliphatic rings. The third-order valence-corrected chi connectivity index (χ3v) is 2.55. The van der Waals surface area contributed by atoms with Crippen LogP contribution in [0.4, 0.5) is 15.8 Å². The van der Waals surface area contributed by atoms with Gasteiger partial charge in [0, 0.05) is 6.07 Å². The number of ether oxygens (including phenoxy) is 1. The highest BCUT2D eigenvalue weighted by Crippen LogP contribution is 2.19. The van der Waals surface area contributed by atoms with Gasteiger partial charge in [-0.2, -0.15) is 0 Å². The molecule has 6 nitrogen and oxygen atoms in total. The van der Waals surface area contributed by atoms with Crippen LogP contribution in [-0.2, 0) is 4.79 Å². The van der Waals surface area contributed by atoms with E-state index in [9.17, 15) is 19.3 Å². The Hall–Kier alpha value is -2.96. The average molecular weight is 290 g/mol. The van der Waals surface area contributed by atoms with Gasteiger partial charge in [0.2, 0.25) is 0 Å². The maximum Gasteiger partial charge on any atom is 0.273 e. The van der Waals surface area contributed by atoms with Gasteiger partial charge in [0.1, 0.15) is 11.6 Å². The molecule has 0 heterocycles. The monoisotopic (exact) mass is 290 g/mol. The molecule has 0 saturated carbocycles. The van der Waals surface area contributed by atoms with E-state index in [-0.39, 0.29) is 23.7 Å². The van der Waals surface area contributed by atoms with Crippen molar-refractivity contribution in [3.8, 4) is 5.75 Å². The van der Waals surface area contributed by atoms with Gasteiger partial charge in [-0.1, -0.05) is 18.2 Å². The summed E-state index contributed by atoms with van der Waals surface area (Å²) < 4.78 is 18.5. The Kier molecular flexibility index (Phi) is 4.45. The van der Waals surface area contributed by atoms with Crippen LogP contribution in [0.1, 0.15) is 0 Å². The minimum Gasteiger partial charge on any atom is -0.484 e. The van der Waals surface area contributed by atoms with Crippen molar-refractivity contribution >= 4 is 17.3 Å². The van der Waals surface area contributed by atoms with Crippen molar-refractivity contribution in [2.24, 2.45) is 0 Å². The lowest BCUT2D eigenvalue weighted by Crippen LogP contribution is -2.20. The Labute approximate surface area is 119 Å². The number of nitrogens with zero attached hydrogens (tertiary/aromatic N) is 1. The molecular weight excluding hydrogens is 279 g/mol. The fourth-order valence-corrected chi connectivity index (χ4v) is 1.58. The SMILES string of the molecule is O=C(COc1cccc([N+](=O)[O-])c1)Nc1ccccc1F. The second-order valence-electron chi connectivity index (χ2n) is 4.07. The number of halogens is 1. The van der Waals surface area contributed by atoms with Gasteiger partial charge in [0.15, 0.2) is 6.61 Å². The molecule has 2 aromatic rings. The van der Waals surface area contributed by atoms with E-state index in [0.29, 0.717) is 0 Å². The van der Waals surface area contributed by atoms with Crippen LogP contribution in [0.25, 0.3) is 0 Å². The van der Waals surface area contributed by atoms with Crippen LogP contribution in [0.5, 0.6) is 5.75 Å². The first-order valence-electron chi connectivity index (χ1n) is 5.98. The van der Waals surface area contributed by atoms with Crippen molar-refractivity contribution in [3.63, 3.8) is 0 Å². The Morgan fingerprint density at radius 3 is 2.71 bits per heavy atom. The molecule has 0 aliphatic carbocycles.